The Kier molecular flexibility index (Phi) is 4.79. The highest BCUT2D eigenvalue weighted by atomic mass is 35.5. The van der Waals surface area contributed by atoms with E-state index >= 15 is 0 Å². The van der Waals surface area contributed by atoms with E-state index in [9.17, 15) is 4.39 Å². The summed E-state index contributed by atoms with van der Waals surface area (Å²) in [4.78, 5) is 3.34. The van der Waals surface area contributed by atoms with Crippen LogP contribution in [0.5, 0.6) is 0 Å². The predicted molar refractivity (Wildman–Crippen MR) is 45.3 cm³/mol. The molecule has 1 rings (SSSR count). The van der Waals surface area contributed by atoms with Crippen molar-refractivity contribution in [2.75, 3.05) is 0 Å². The average molecular weight is 176 g/mol. The first-order valence-electron chi connectivity index (χ1n) is 3.48. The van der Waals surface area contributed by atoms with Crippen LogP contribution in [-0.4, -0.2) is 4.98 Å². The molecule has 0 saturated heterocycles. The SMILES string of the molecule is CC.Cc1cc(F)ncc1Cl. The summed E-state index contributed by atoms with van der Waals surface area (Å²) in [6, 6.07) is 1.29. The predicted octanol–water partition coefficient (Wildman–Crippen LogP) is 3.21. The molecule has 1 aromatic heterocycles. The molecule has 62 valence electrons. The Labute approximate surface area is 71.2 Å². The van der Waals surface area contributed by atoms with E-state index in [1.165, 1.54) is 12.3 Å². The van der Waals surface area contributed by atoms with Gasteiger partial charge in [-0.05, 0) is 18.6 Å². The third kappa shape index (κ3) is 3.33. The zero-order chi connectivity index (χ0) is 8.85. The van der Waals surface area contributed by atoms with Gasteiger partial charge in [0.2, 0.25) is 5.95 Å². The van der Waals surface area contributed by atoms with Crippen LogP contribution in [0.3, 0.4) is 0 Å². The molecule has 0 saturated carbocycles. The number of hydrogen-bond donors (Lipinski definition) is 0. The lowest BCUT2D eigenvalue weighted by Gasteiger charge is -1.93. The van der Waals surface area contributed by atoms with Crippen molar-refractivity contribution in [3.05, 3.63) is 28.8 Å². The van der Waals surface area contributed by atoms with Gasteiger partial charge in [-0.2, -0.15) is 4.39 Å². The molecule has 0 fully saturated rings. The first kappa shape index (κ1) is 10.4. The van der Waals surface area contributed by atoms with Crippen molar-refractivity contribution in [3.63, 3.8) is 0 Å². The molecule has 1 heterocycles. The first-order chi connectivity index (χ1) is 5.20. The highest BCUT2D eigenvalue weighted by Gasteiger charge is 1.95. The number of halogens is 2. The van der Waals surface area contributed by atoms with Gasteiger partial charge in [0.25, 0.3) is 0 Å². The number of rotatable bonds is 0. The van der Waals surface area contributed by atoms with Crippen LogP contribution >= 0.6 is 11.6 Å². The van der Waals surface area contributed by atoms with Crippen LogP contribution in [0.2, 0.25) is 5.02 Å². The van der Waals surface area contributed by atoms with Crippen LogP contribution in [0, 0.1) is 12.9 Å². The van der Waals surface area contributed by atoms with Crippen molar-refractivity contribution in [2.24, 2.45) is 0 Å². The smallest absolute Gasteiger partial charge is 0.213 e. The third-order valence-electron chi connectivity index (χ3n) is 1.01. The van der Waals surface area contributed by atoms with E-state index in [0.717, 1.165) is 0 Å². The molecule has 1 aromatic rings. The summed E-state index contributed by atoms with van der Waals surface area (Å²) in [5.41, 5.74) is 0.712. The van der Waals surface area contributed by atoms with Gasteiger partial charge in [-0.25, -0.2) is 4.98 Å². The summed E-state index contributed by atoms with van der Waals surface area (Å²) in [7, 11) is 0. The summed E-state index contributed by atoms with van der Waals surface area (Å²) < 4.78 is 12.2. The van der Waals surface area contributed by atoms with E-state index in [1.54, 1.807) is 6.92 Å². The molecule has 0 aliphatic heterocycles. The second-order valence-electron chi connectivity index (χ2n) is 1.76. The second-order valence-corrected chi connectivity index (χ2v) is 2.16. The Balaban J connectivity index is 0.000000461. The largest absolute Gasteiger partial charge is 0.227 e. The van der Waals surface area contributed by atoms with E-state index in [1.807, 2.05) is 13.8 Å². The molecule has 0 amide bonds. The van der Waals surface area contributed by atoms with Crippen molar-refractivity contribution in [1.82, 2.24) is 4.98 Å². The first-order valence-corrected chi connectivity index (χ1v) is 3.85. The minimum atomic E-state index is -0.489. The molecule has 3 heteroatoms. The van der Waals surface area contributed by atoms with Crippen LogP contribution in [0.25, 0.3) is 0 Å². The van der Waals surface area contributed by atoms with Crippen LogP contribution in [-0.2, 0) is 0 Å². The fraction of sp³-hybridized carbons (Fsp3) is 0.375. The molecule has 0 radical (unpaired) electrons. The standard InChI is InChI=1S/C6H5ClFN.C2H6/c1-4-2-6(8)9-3-5(4)7;1-2/h2-3H,1H3;1-2H3. The number of nitrogens with zero attached hydrogens (tertiary/aromatic N) is 1. The maximum atomic E-state index is 12.2. The number of pyridine rings is 1. The zero-order valence-corrected chi connectivity index (χ0v) is 7.61. The zero-order valence-electron chi connectivity index (χ0n) is 6.86. The second kappa shape index (κ2) is 5.08. The number of aromatic nitrogens is 1. The lowest BCUT2D eigenvalue weighted by molar-refractivity contribution is 0.582. The van der Waals surface area contributed by atoms with Crippen molar-refractivity contribution in [2.45, 2.75) is 20.8 Å². The van der Waals surface area contributed by atoms with Gasteiger partial charge in [0.1, 0.15) is 0 Å². The van der Waals surface area contributed by atoms with Gasteiger partial charge in [-0.1, -0.05) is 25.4 Å². The van der Waals surface area contributed by atoms with Crippen LogP contribution in [0.1, 0.15) is 19.4 Å². The summed E-state index contributed by atoms with van der Waals surface area (Å²) in [5.74, 6) is -0.489. The highest BCUT2D eigenvalue weighted by molar-refractivity contribution is 6.31. The Morgan fingerprint density at radius 2 is 2.00 bits per heavy atom. The van der Waals surface area contributed by atoms with E-state index in [0.29, 0.717) is 10.6 Å². The molecular weight excluding hydrogens is 165 g/mol. The van der Waals surface area contributed by atoms with Crippen molar-refractivity contribution in [1.29, 1.82) is 0 Å². The van der Waals surface area contributed by atoms with Gasteiger partial charge in [0, 0.05) is 6.20 Å². The monoisotopic (exact) mass is 175 g/mol. The van der Waals surface area contributed by atoms with Gasteiger partial charge in [-0.15, -0.1) is 0 Å². The molecule has 0 bridgehead atoms. The van der Waals surface area contributed by atoms with E-state index < -0.39 is 5.95 Å². The summed E-state index contributed by atoms with van der Waals surface area (Å²) in [6.07, 6.45) is 1.30. The number of aryl methyl sites for hydroxylation is 1. The summed E-state index contributed by atoms with van der Waals surface area (Å²) in [6.45, 7) is 5.73. The number of hydrogen-bond acceptors (Lipinski definition) is 1. The van der Waals surface area contributed by atoms with Crippen molar-refractivity contribution in [3.8, 4) is 0 Å². The van der Waals surface area contributed by atoms with Gasteiger partial charge in [-0.3, -0.25) is 0 Å². The maximum Gasteiger partial charge on any atom is 0.213 e. The summed E-state index contributed by atoms with van der Waals surface area (Å²) >= 11 is 5.55. The van der Waals surface area contributed by atoms with E-state index in [4.69, 9.17) is 11.6 Å². The topological polar surface area (TPSA) is 12.9 Å². The molecule has 0 atom stereocenters. The molecule has 1 nitrogen and oxygen atoms in total. The molecule has 0 N–H and O–H groups in total. The molecule has 11 heavy (non-hydrogen) atoms. The Bertz CT molecular complexity index is 225. The average Bonchev–Trinajstić information content (AvgIpc) is 2.02. The lowest BCUT2D eigenvalue weighted by Crippen LogP contribution is -1.82. The maximum absolute atomic E-state index is 12.2. The van der Waals surface area contributed by atoms with Crippen molar-refractivity contribution < 1.29 is 4.39 Å². The van der Waals surface area contributed by atoms with Crippen LogP contribution in [0.4, 0.5) is 4.39 Å². The van der Waals surface area contributed by atoms with Crippen LogP contribution < -0.4 is 0 Å². The molecule has 0 aromatic carbocycles. The molecule has 0 aliphatic carbocycles. The quantitative estimate of drug-likeness (QED) is 0.552. The van der Waals surface area contributed by atoms with Gasteiger partial charge < -0.3 is 0 Å². The van der Waals surface area contributed by atoms with Gasteiger partial charge in [0.05, 0.1) is 5.02 Å². The Morgan fingerprint density at radius 3 is 2.36 bits per heavy atom. The molecule has 0 unspecified atom stereocenters. The highest BCUT2D eigenvalue weighted by Crippen LogP contribution is 2.12. The van der Waals surface area contributed by atoms with Crippen molar-refractivity contribution >= 4 is 11.6 Å². The Morgan fingerprint density at radius 1 is 1.45 bits per heavy atom. The lowest BCUT2D eigenvalue weighted by atomic mass is 10.3. The third-order valence-corrected chi connectivity index (χ3v) is 1.41. The fourth-order valence-electron chi connectivity index (χ4n) is 0.505. The minimum absolute atomic E-state index is 0.489. The Hall–Kier alpha value is -0.630. The normalized spacial score (nSPS) is 8.45. The molecule has 0 aliphatic rings. The fourth-order valence-corrected chi connectivity index (χ4v) is 0.608. The van der Waals surface area contributed by atoms with E-state index in [2.05, 4.69) is 4.98 Å². The van der Waals surface area contributed by atoms with Crippen LogP contribution in [0.15, 0.2) is 12.3 Å². The van der Waals surface area contributed by atoms with Gasteiger partial charge >= 0.3 is 0 Å². The molecule has 0 spiro atoms. The van der Waals surface area contributed by atoms with Gasteiger partial charge in [0.15, 0.2) is 0 Å². The minimum Gasteiger partial charge on any atom is -0.227 e. The summed E-state index contributed by atoms with van der Waals surface area (Å²) in [5, 5.41) is 0.497. The van der Waals surface area contributed by atoms with E-state index in [-0.39, 0.29) is 0 Å². The molecular formula is C8H11ClFN.